The van der Waals surface area contributed by atoms with Crippen LogP contribution >= 0.6 is 0 Å². The number of aliphatic hydroxyl groups excluding tert-OH is 5. The summed E-state index contributed by atoms with van der Waals surface area (Å²) >= 11 is 0. The van der Waals surface area contributed by atoms with Crippen LogP contribution < -0.4 is 5.32 Å². The van der Waals surface area contributed by atoms with E-state index < -0.39 is 169 Å². The maximum absolute atomic E-state index is 15.8. The van der Waals surface area contributed by atoms with Gasteiger partial charge in [-0.05, 0) is 104 Å². The van der Waals surface area contributed by atoms with E-state index in [9.17, 15) is 40.2 Å². The molecule has 6 heterocycles. The van der Waals surface area contributed by atoms with Crippen molar-refractivity contribution in [2.75, 3.05) is 0 Å². The third-order valence-corrected chi connectivity index (χ3v) is 21.7. The monoisotopic (exact) mass is 1250 g/mol. The van der Waals surface area contributed by atoms with Gasteiger partial charge in [0.2, 0.25) is 11.7 Å². The second-order valence-electron chi connectivity index (χ2n) is 28.7. The molecular weight excluding hydrogens is 1150 g/mol. The highest BCUT2D eigenvalue weighted by Crippen LogP contribution is 2.61. The van der Waals surface area contributed by atoms with Gasteiger partial charge in [0.05, 0.1) is 78.8 Å². The quantitative estimate of drug-likeness (QED) is 0.0556. The molecule has 500 valence electrons. The van der Waals surface area contributed by atoms with E-state index in [4.69, 9.17) is 52.1 Å². The lowest BCUT2D eigenvalue weighted by molar-refractivity contribution is -0.351. The number of ether oxygens (including phenoxy) is 11. The number of hydrogen-bond donors (Lipinski definition) is 7. The molecule has 0 aromatic heterocycles. The number of Topliss-reactive ketones (excluding diaryl/α,β-unsaturated/α-hetero) is 1. The van der Waals surface area contributed by atoms with E-state index in [0.717, 1.165) is 24.0 Å². The van der Waals surface area contributed by atoms with Crippen molar-refractivity contribution in [2.45, 2.75) is 295 Å². The zero-order valence-electron chi connectivity index (χ0n) is 54.6. The minimum Gasteiger partial charge on any atom is -0.511 e. The molecule has 1 amide bonds. The Morgan fingerprint density at radius 3 is 1.93 bits per heavy atom. The molecule has 0 radical (unpaired) electrons. The molecule has 2 bridgehead atoms. The maximum Gasteiger partial charge on any atom is 0.346 e. The summed E-state index contributed by atoms with van der Waals surface area (Å²) in [5.74, 6) is -4.60. The molecular formula is C68H103NO20. The van der Waals surface area contributed by atoms with Crippen LogP contribution in [0.4, 0.5) is 0 Å². The van der Waals surface area contributed by atoms with Crippen LogP contribution in [-0.2, 0) is 66.5 Å². The third-order valence-electron chi connectivity index (χ3n) is 21.7. The molecule has 21 nitrogen and oxygen atoms in total. The lowest BCUT2D eigenvalue weighted by atomic mass is 9.49. The standard InChI is InChI=1S/C68H103NO20/c1-15-16-42-17-18-43-25-35(6)58(88-54-30-66(13,78)62(40(11)83-54)69-41(12)70)33(4)23-31(2)45-20-19-44-56(67(45,14)63(75)55-64(76)68(43,29-42)89-65(55)77)32(3)24-34(5)59(44)85-53-28-49(84-50-22-21-46(71)36(7)79-50)61(39(10)82-53)87-52-27-48(73)60(38(9)81-52)86-51-26-47(72)57(74)37(8)80-51/h17-20,23,25,32-34,36-40,42-54,56-62,71-75,78H,15-16,21-22,24,26-30H2,1-14H3,(H,69,70)/b31-23-,35-25?,63-55-/t32-,33?,34-,36-,37+,38+,39+,40-,42-,43-,44-,45-,46+,47+,48+,49+,50-,51+,52+,53+,54-,56+,57+,58-,59-,60+,61+,62-,66-,67+,68-/m0/s1. The third kappa shape index (κ3) is 13.6. The second kappa shape index (κ2) is 27.1. The molecule has 89 heavy (non-hydrogen) atoms. The van der Waals surface area contributed by atoms with Crippen molar-refractivity contribution >= 4 is 17.7 Å². The molecule has 0 aromatic rings. The molecule has 1 saturated carbocycles. The first kappa shape index (κ1) is 68.4. The summed E-state index contributed by atoms with van der Waals surface area (Å²) in [6, 6.07) is -0.687. The molecule has 31 atom stereocenters. The van der Waals surface area contributed by atoms with Gasteiger partial charge in [0.25, 0.3) is 0 Å². The molecule has 4 aliphatic carbocycles. The molecule has 0 aromatic carbocycles. The van der Waals surface area contributed by atoms with Gasteiger partial charge in [-0.2, -0.15) is 0 Å². The maximum atomic E-state index is 15.8. The number of aliphatic hydroxyl groups is 6. The normalized spacial score (nSPS) is 51.0. The number of allylic oxidation sites excluding steroid dienone is 4. The smallest absolute Gasteiger partial charge is 0.346 e. The van der Waals surface area contributed by atoms with Gasteiger partial charge in [-0.25, -0.2) is 4.79 Å². The minimum absolute atomic E-state index is 0.0209. The highest BCUT2D eigenvalue weighted by atomic mass is 16.8. The van der Waals surface area contributed by atoms with Gasteiger partial charge < -0.3 is 88.1 Å². The topological polar surface area (TPSA) is 286 Å². The van der Waals surface area contributed by atoms with E-state index in [1.165, 1.54) is 6.92 Å². The van der Waals surface area contributed by atoms with E-state index >= 15 is 4.79 Å². The number of nitrogens with one attached hydrogen (secondary N) is 1. The minimum atomic E-state index is -1.66. The summed E-state index contributed by atoms with van der Waals surface area (Å²) in [4.78, 5) is 42.9. The van der Waals surface area contributed by atoms with Gasteiger partial charge in [-0.3, -0.25) is 9.59 Å². The van der Waals surface area contributed by atoms with Crippen LogP contribution in [0.25, 0.3) is 0 Å². The number of fused-ring (bicyclic) bond motifs is 4. The number of esters is 1. The molecule has 6 saturated heterocycles. The van der Waals surface area contributed by atoms with Gasteiger partial charge in [0.15, 0.2) is 37.1 Å². The van der Waals surface area contributed by atoms with Crippen LogP contribution in [0.3, 0.4) is 0 Å². The number of amides is 1. The van der Waals surface area contributed by atoms with Crippen LogP contribution in [0.15, 0.2) is 58.9 Å². The fraction of sp³-hybridized carbons (Fsp3) is 0.809. The van der Waals surface area contributed by atoms with E-state index in [1.54, 1.807) is 34.6 Å². The van der Waals surface area contributed by atoms with Crippen molar-refractivity contribution in [3.05, 3.63) is 58.9 Å². The Morgan fingerprint density at radius 1 is 0.652 bits per heavy atom. The van der Waals surface area contributed by atoms with E-state index in [1.807, 2.05) is 39.8 Å². The Labute approximate surface area is 525 Å². The molecule has 10 rings (SSSR count). The van der Waals surface area contributed by atoms with Crippen LogP contribution in [0.1, 0.15) is 161 Å². The predicted octanol–water partition coefficient (Wildman–Crippen LogP) is 6.99. The van der Waals surface area contributed by atoms with Crippen molar-refractivity contribution in [3.8, 4) is 0 Å². The Bertz CT molecular complexity index is 2690. The lowest BCUT2D eigenvalue weighted by Crippen LogP contribution is -2.62. The van der Waals surface area contributed by atoms with Gasteiger partial charge in [-0.15, -0.1) is 0 Å². The largest absolute Gasteiger partial charge is 0.511 e. The first-order chi connectivity index (χ1) is 41.9. The number of rotatable bonds is 13. The zero-order chi connectivity index (χ0) is 64.5. The summed E-state index contributed by atoms with van der Waals surface area (Å²) in [6.07, 6.45) is 1.45. The fourth-order valence-corrected chi connectivity index (χ4v) is 17.3. The van der Waals surface area contributed by atoms with Gasteiger partial charge in [0.1, 0.15) is 29.6 Å². The van der Waals surface area contributed by atoms with Crippen molar-refractivity contribution in [1.82, 2.24) is 5.32 Å². The van der Waals surface area contributed by atoms with Crippen LogP contribution in [0.2, 0.25) is 0 Å². The van der Waals surface area contributed by atoms with E-state index in [2.05, 4.69) is 57.3 Å². The van der Waals surface area contributed by atoms with E-state index in [-0.39, 0.29) is 78.9 Å². The predicted molar refractivity (Wildman–Crippen MR) is 322 cm³/mol. The summed E-state index contributed by atoms with van der Waals surface area (Å²) in [5, 5.41) is 71.0. The van der Waals surface area contributed by atoms with Crippen molar-refractivity contribution < 1.29 is 97.1 Å². The highest BCUT2D eigenvalue weighted by molar-refractivity contribution is 6.26. The summed E-state index contributed by atoms with van der Waals surface area (Å²) in [7, 11) is 0. The Balaban J connectivity index is 0.961. The number of ketones is 1. The summed E-state index contributed by atoms with van der Waals surface area (Å²) in [5.41, 5.74) is -3.02. The molecule has 1 spiro atoms. The van der Waals surface area contributed by atoms with Crippen molar-refractivity contribution in [3.63, 3.8) is 0 Å². The fourth-order valence-electron chi connectivity index (χ4n) is 17.3. The molecule has 7 N–H and O–H groups in total. The molecule has 1 unspecified atom stereocenters. The number of hydrogen-bond acceptors (Lipinski definition) is 20. The first-order valence-corrected chi connectivity index (χ1v) is 33.2. The van der Waals surface area contributed by atoms with Crippen LogP contribution in [0.5, 0.6) is 0 Å². The van der Waals surface area contributed by atoms with Gasteiger partial charge in [-0.1, -0.05) is 83.1 Å². The SMILES string of the molecule is CCC[C@H]1C=C[C@H]2C=C(C)[C@@H](O[C@H]3C[C@](C)(O)[C@@H](NC(C)=O)[C@H](C)O3)C(C)/C=C(/C)[C@@H]3C=C[C@@H]4[C@@H](O[C@@H]5C[C@@H](O[C@H]6CC[C@@H](O)[C@H](C)O6)[C@H](O[C@@H]6C[C@@H](O)[C@H](O[C@@H]7C[C@@H](O)[C@H](O)[C@@H](C)O7)[C@@H](C)O6)[C@@H](C)O5)[C@@H](C)C[C@H](C)[C@H]4[C@]3(C)/C(O)=C3/C(=O)O[C@]2(C1)C3=O. The first-order valence-electron chi connectivity index (χ1n) is 33.2. The van der Waals surface area contributed by atoms with Crippen LogP contribution in [0, 0.1) is 52.8 Å². The molecule has 6 aliphatic heterocycles. The van der Waals surface area contributed by atoms with Gasteiger partial charge >= 0.3 is 5.97 Å². The Hall–Kier alpha value is -3.49. The summed E-state index contributed by atoms with van der Waals surface area (Å²) in [6.45, 7) is 26.3. The van der Waals surface area contributed by atoms with Crippen molar-refractivity contribution in [2.24, 2.45) is 52.8 Å². The number of carbonyl (C=O) groups is 3. The second-order valence-corrected chi connectivity index (χ2v) is 28.7. The molecule has 10 aliphatic rings. The van der Waals surface area contributed by atoms with Crippen molar-refractivity contribution in [1.29, 1.82) is 0 Å². The van der Waals surface area contributed by atoms with Crippen LogP contribution in [-0.4, -0.2) is 182 Å². The number of carbonyl (C=O) groups excluding carboxylic acids is 3. The average molecular weight is 1250 g/mol. The molecule has 21 heteroatoms. The average Bonchev–Trinajstić information content (AvgIpc) is 1.70. The highest BCUT2D eigenvalue weighted by Gasteiger charge is 2.64. The lowest BCUT2D eigenvalue weighted by Gasteiger charge is -2.57. The Morgan fingerprint density at radius 2 is 1.28 bits per heavy atom. The van der Waals surface area contributed by atoms with E-state index in [0.29, 0.717) is 19.3 Å². The zero-order valence-corrected chi connectivity index (χ0v) is 54.6. The van der Waals surface area contributed by atoms with Gasteiger partial charge in [0, 0.05) is 74.5 Å². The summed E-state index contributed by atoms with van der Waals surface area (Å²) < 4.78 is 72.3. The Kier molecular flexibility index (Phi) is 20.8. The molecule has 7 fully saturated rings.